The van der Waals surface area contributed by atoms with E-state index in [1.165, 1.54) is 12.3 Å². The van der Waals surface area contributed by atoms with Gasteiger partial charge in [0.2, 0.25) is 0 Å². The highest BCUT2D eigenvalue weighted by atomic mass is 19.4. The number of nitrogens with zero attached hydrogens (tertiary/aromatic N) is 4. The second-order valence-electron chi connectivity index (χ2n) is 9.44. The molecule has 1 aliphatic heterocycles. The Balaban J connectivity index is 1.46. The monoisotopic (exact) mass is 465 g/mol. The maximum atomic E-state index is 12.8. The van der Waals surface area contributed by atoms with Crippen molar-refractivity contribution in [3.63, 3.8) is 0 Å². The molecule has 4 fully saturated rings. The Morgan fingerprint density at radius 2 is 1.94 bits per heavy atom. The van der Waals surface area contributed by atoms with Gasteiger partial charge >= 0.3 is 6.36 Å². The third-order valence-corrected chi connectivity index (χ3v) is 7.71. The van der Waals surface area contributed by atoms with Crippen LogP contribution in [-0.2, 0) is 16.7 Å². The highest BCUT2D eigenvalue weighted by Crippen LogP contribution is 2.73. The van der Waals surface area contributed by atoms with Crippen LogP contribution < -0.4 is 10.5 Å². The van der Waals surface area contributed by atoms with Crippen molar-refractivity contribution in [1.29, 1.82) is 0 Å². The predicted octanol–water partition coefficient (Wildman–Crippen LogP) is 3.98. The van der Waals surface area contributed by atoms with Crippen LogP contribution in [0.5, 0.6) is 5.75 Å². The third kappa shape index (κ3) is 3.49. The molecule has 4 aliphatic rings. The van der Waals surface area contributed by atoms with Gasteiger partial charge in [-0.15, -0.1) is 13.2 Å². The van der Waals surface area contributed by atoms with Crippen LogP contribution in [0.25, 0.3) is 11.3 Å². The van der Waals surface area contributed by atoms with Crippen molar-refractivity contribution < 1.29 is 22.6 Å². The molecule has 3 aliphatic carbocycles. The molecule has 3 heterocycles. The highest BCUT2D eigenvalue weighted by molar-refractivity contribution is 5.64. The fourth-order valence-corrected chi connectivity index (χ4v) is 6.43. The molecule has 3 saturated carbocycles. The molecule has 1 unspecified atom stereocenters. The molecule has 180 valence electrons. The number of pyridine rings is 1. The van der Waals surface area contributed by atoms with E-state index in [4.69, 9.17) is 15.5 Å². The van der Waals surface area contributed by atoms with E-state index < -0.39 is 12.1 Å². The summed E-state index contributed by atoms with van der Waals surface area (Å²) in [7, 11) is 0. The lowest BCUT2D eigenvalue weighted by molar-refractivity contribution is -0.280. The zero-order valence-electron chi connectivity index (χ0n) is 19.0. The van der Waals surface area contributed by atoms with Crippen LogP contribution in [0.2, 0.25) is 0 Å². The molecule has 0 radical (unpaired) electrons. The maximum Gasteiger partial charge on any atom is 0.573 e. The number of nitrogens with two attached hydrogens (primary N) is 1. The molecule has 0 amide bonds. The van der Waals surface area contributed by atoms with Crippen molar-refractivity contribution >= 4 is 5.82 Å². The first-order valence-electron chi connectivity index (χ1n) is 11.7. The number of alkyl halides is 3. The first-order chi connectivity index (χ1) is 15.7. The Kier molecular flexibility index (Phi) is 5.36. The number of aromatic nitrogens is 3. The van der Waals surface area contributed by atoms with Crippen LogP contribution in [0.1, 0.15) is 45.4 Å². The van der Waals surface area contributed by atoms with Crippen molar-refractivity contribution in [3.05, 3.63) is 24.3 Å². The van der Waals surface area contributed by atoms with E-state index in [0.717, 1.165) is 64.2 Å². The zero-order chi connectivity index (χ0) is 23.4. The van der Waals surface area contributed by atoms with Crippen molar-refractivity contribution in [2.45, 2.75) is 63.4 Å². The topological polar surface area (TPSA) is 78.4 Å². The minimum Gasteiger partial charge on any atom is -0.402 e. The number of aryl methyl sites for hydroxylation is 1. The molecule has 2 aromatic rings. The summed E-state index contributed by atoms with van der Waals surface area (Å²) in [5.74, 6) is 0.683. The van der Waals surface area contributed by atoms with Crippen molar-refractivity contribution in [3.8, 4) is 17.0 Å². The average Bonchev–Trinajstić information content (AvgIpc) is 3.12. The van der Waals surface area contributed by atoms with Gasteiger partial charge in [0.25, 0.3) is 0 Å². The summed E-state index contributed by atoms with van der Waals surface area (Å²) in [6.07, 6.45) is 3.56. The van der Waals surface area contributed by atoms with Crippen LogP contribution in [-0.4, -0.2) is 57.6 Å². The molecule has 10 heteroatoms. The van der Waals surface area contributed by atoms with Crippen molar-refractivity contribution in [2.24, 2.45) is 5.92 Å². The summed E-state index contributed by atoms with van der Waals surface area (Å²) in [4.78, 5) is 11.4. The molecule has 1 atom stereocenters. The van der Waals surface area contributed by atoms with Crippen molar-refractivity contribution in [2.75, 3.05) is 32.0 Å². The molecule has 0 aromatic carbocycles. The number of rotatable bonds is 7. The quantitative estimate of drug-likeness (QED) is 0.667. The summed E-state index contributed by atoms with van der Waals surface area (Å²) in [6.45, 7) is 7.87. The van der Waals surface area contributed by atoms with Gasteiger partial charge in [0.1, 0.15) is 5.82 Å². The van der Waals surface area contributed by atoms with Crippen LogP contribution in [0, 0.1) is 5.92 Å². The van der Waals surface area contributed by atoms with Crippen LogP contribution in [0.3, 0.4) is 0 Å². The average molecular weight is 466 g/mol. The lowest BCUT2D eigenvalue weighted by Gasteiger charge is -2.80. The van der Waals surface area contributed by atoms with Gasteiger partial charge in [0.05, 0.1) is 24.4 Å². The second-order valence-corrected chi connectivity index (χ2v) is 9.44. The summed E-state index contributed by atoms with van der Waals surface area (Å²) in [6, 6.07) is 1.27. The van der Waals surface area contributed by atoms with E-state index in [-0.39, 0.29) is 16.9 Å². The number of halogens is 3. The molecule has 1 saturated heterocycles. The molecule has 2 N–H and O–H groups in total. The molecule has 2 bridgehead atoms. The molecule has 33 heavy (non-hydrogen) atoms. The Bertz CT molecular complexity index is 1030. The van der Waals surface area contributed by atoms with Gasteiger partial charge in [-0.1, -0.05) is 13.8 Å². The van der Waals surface area contributed by atoms with Crippen LogP contribution in [0.4, 0.5) is 19.0 Å². The zero-order valence-corrected chi connectivity index (χ0v) is 19.0. The normalized spacial score (nSPS) is 29.4. The molecular weight excluding hydrogens is 435 g/mol. The summed E-state index contributed by atoms with van der Waals surface area (Å²) < 4.78 is 50.3. The Labute approximate surface area is 191 Å². The Morgan fingerprint density at radius 1 is 1.21 bits per heavy atom. The van der Waals surface area contributed by atoms with Gasteiger partial charge in [-0.3, -0.25) is 4.90 Å². The minimum absolute atomic E-state index is 0.0232. The van der Waals surface area contributed by atoms with E-state index >= 15 is 0 Å². The molecule has 6 rings (SSSR count). The van der Waals surface area contributed by atoms with E-state index in [0.29, 0.717) is 17.2 Å². The third-order valence-electron chi connectivity index (χ3n) is 7.71. The lowest BCUT2D eigenvalue weighted by atomic mass is 9.35. The Morgan fingerprint density at radius 3 is 2.58 bits per heavy atom. The van der Waals surface area contributed by atoms with Crippen molar-refractivity contribution in [1.82, 2.24) is 19.4 Å². The van der Waals surface area contributed by atoms with Crippen LogP contribution in [0.15, 0.2) is 18.5 Å². The smallest absolute Gasteiger partial charge is 0.402 e. The molecule has 7 nitrogen and oxygen atoms in total. The predicted molar refractivity (Wildman–Crippen MR) is 117 cm³/mol. The van der Waals surface area contributed by atoms with Gasteiger partial charge < -0.3 is 19.8 Å². The summed E-state index contributed by atoms with van der Waals surface area (Å²) >= 11 is 0. The van der Waals surface area contributed by atoms with Gasteiger partial charge in [-0.05, 0) is 31.7 Å². The fraction of sp³-hybridized carbons (Fsp3) is 0.652. The maximum absolute atomic E-state index is 12.8. The highest BCUT2D eigenvalue weighted by Gasteiger charge is 2.77. The van der Waals surface area contributed by atoms with E-state index in [1.807, 2.05) is 6.20 Å². The largest absolute Gasteiger partial charge is 0.573 e. The fourth-order valence-electron chi connectivity index (χ4n) is 6.43. The van der Waals surface area contributed by atoms with Gasteiger partial charge in [0, 0.05) is 48.9 Å². The minimum atomic E-state index is -4.84. The van der Waals surface area contributed by atoms with E-state index in [1.54, 1.807) is 0 Å². The second kappa shape index (κ2) is 7.87. The number of hydrogen-bond acceptors (Lipinski definition) is 6. The number of hydrogen-bond donors (Lipinski definition) is 1. The van der Waals surface area contributed by atoms with Gasteiger partial charge in [-0.25, -0.2) is 9.97 Å². The number of anilines is 1. The number of morpholine rings is 1. The van der Waals surface area contributed by atoms with Gasteiger partial charge in [0.15, 0.2) is 11.6 Å². The van der Waals surface area contributed by atoms with E-state index in [9.17, 15) is 13.2 Å². The first kappa shape index (κ1) is 22.5. The SMILES string of the molecule is CCCc1nc(-c2cnc(N)c(OC(F)(F)F)c2)cn1C12CC(N3CCOCC3)(C1)C2CC. The summed E-state index contributed by atoms with van der Waals surface area (Å²) in [5.41, 5.74) is 6.93. The van der Waals surface area contributed by atoms with Gasteiger partial charge in [-0.2, -0.15) is 0 Å². The Hall–Kier alpha value is -2.33. The molecule has 0 spiro atoms. The van der Waals surface area contributed by atoms with Crippen LogP contribution >= 0.6 is 0 Å². The lowest BCUT2D eigenvalue weighted by Crippen LogP contribution is -2.85. The number of imidazole rings is 1. The number of ether oxygens (including phenoxy) is 2. The summed E-state index contributed by atoms with van der Waals surface area (Å²) in [5, 5.41) is 0. The first-order valence-corrected chi connectivity index (χ1v) is 11.7. The molecular formula is C23H30F3N5O2. The van der Waals surface area contributed by atoms with E-state index in [2.05, 4.69) is 33.0 Å². The number of nitrogen functional groups attached to an aromatic ring is 1. The standard InChI is InChI=1S/C23H30F3N5O2/c1-3-5-19-29-16(15-10-17(20(27)28-11-15)33-23(24,25)26)12-31(19)22-13-21(14-22,18(22)4-2)30-6-8-32-9-7-30/h10-12,18H,3-9,13-14H2,1-2H3,(H2,27,28). The molecule has 2 aromatic heterocycles.